The number of piperidine rings is 1. The highest BCUT2D eigenvalue weighted by Gasteiger charge is 2.21. The maximum atomic E-state index is 12.0. The number of carbonyl (C=O) groups is 1. The van der Waals surface area contributed by atoms with Crippen molar-refractivity contribution in [2.45, 2.75) is 19.8 Å². The summed E-state index contributed by atoms with van der Waals surface area (Å²) in [4.78, 5) is 13.3. The predicted octanol–water partition coefficient (Wildman–Crippen LogP) is 0.812. The van der Waals surface area contributed by atoms with E-state index in [1.165, 1.54) is 17.7 Å². The maximum Gasteiger partial charge on any atom is 0.279 e. The number of hydrogen-bond donors (Lipinski definition) is 2. The Morgan fingerprint density at radius 2 is 2.42 bits per heavy atom. The Bertz CT molecular complexity index is 492. The van der Waals surface area contributed by atoms with E-state index in [4.69, 9.17) is 5.26 Å². The fourth-order valence-corrected chi connectivity index (χ4v) is 2.66. The van der Waals surface area contributed by atoms with Crippen molar-refractivity contribution in [1.29, 1.82) is 5.26 Å². The Kier molecular flexibility index (Phi) is 4.53. The summed E-state index contributed by atoms with van der Waals surface area (Å²) < 4.78 is 0. The van der Waals surface area contributed by atoms with E-state index in [9.17, 15) is 4.79 Å². The van der Waals surface area contributed by atoms with Crippen LogP contribution in [0.1, 0.15) is 25.3 Å². The zero-order valence-electron chi connectivity index (χ0n) is 11.3. The molecule has 1 unspecified atom stereocenters. The molecule has 4 nitrogen and oxygen atoms in total. The number of amides is 1. The van der Waals surface area contributed by atoms with E-state index in [0.29, 0.717) is 23.7 Å². The Morgan fingerprint density at radius 1 is 1.58 bits per heavy atom. The fraction of sp³-hybridized carbons (Fsp3) is 0.467. The molecule has 1 heterocycles. The number of anilines is 1. The number of carbonyl (C=O) groups excluding carboxylic acids is 1. The van der Waals surface area contributed by atoms with E-state index < -0.39 is 0 Å². The molecule has 2 rings (SSSR count). The summed E-state index contributed by atoms with van der Waals surface area (Å²) in [6.45, 7) is 4.91. The highest BCUT2D eigenvalue weighted by Crippen LogP contribution is 2.09. The number of nitrogens with zero attached hydrogens (tertiary/aromatic N) is 1. The van der Waals surface area contributed by atoms with Crippen LogP contribution in [-0.4, -0.2) is 25.5 Å². The average Bonchev–Trinajstić information content (AvgIpc) is 2.38. The molecular weight excluding hydrogens is 238 g/mol. The van der Waals surface area contributed by atoms with Crippen LogP contribution in [0.3, 0.4) is 0 Å². The molecular formula is C15H20N3O+. The van der Waals surface area contributed by atoms with Gasteiger partial charge in [0.25, 0.3) is 5.91 Å². The minimum Gasteiger partial charge on any atom is -0.327 e. The van der Waals surface area contributed by atoms with E-state index in [-0.39, 0.29) is 5.91 Å². The summed E-state index contributed by atoms with van der Waals surface area (Å²) >= 11 is 0. The molecule has 1 aromatic carbocycles. The first kappa shape index (κ1) is 13.6. The van der Waals surface area contributed by atoms with Crippen molar-refractivity contribution in [3.63, 3.8) is 0 Å². The van der Waals surface area contributed by atoms with Gasteiger partial charge in [0.15, 0.2) is 6.54 Å². The van der Waals surface area contributed by atoms with E-state index >= 15 is 0 Å². The second kappa shape index (κ2) is 6.35. The van der Waals surface area contributed by atoms with Crippen LogP contribution in [0.25, 0.3) is 0 Å². The van der Waals surface area contributed by atoms with Crippen molar-refractivity contribution in [1.82, 2.24) is 0 Å². The third-order valence-electron chi connectivity index (χ3n) is 3.55. The molecule has 0 bridgehead atoms. The van der Waals surface area contributed by atoms with Crippen LogP contribution < -0.4 is 10.2 Å². The molecule has 0 aromatic heterocycles. The predicted molar refractivity (Wildman–Crippen MR) is 73.7 cm³/mol. The van der Waals surface area contributed by atoms with Gasteiger partial charge in [0.1, 0.15) is 0 Å². The number of benzene rings is 1. The molecule has 0 saturated carbocycles. The summed E-state index contributed by atoms with van der Waals surface area (Å²) in [5.41, 5.74) is 1.27. The average molecular weight is 258 g/mol. The van der Waals surface area contributed by atoms with Crippen LogP contribution >= 0.6 is 0 Å². The summed E-state index contributed by atoms with van der Waals surface area (Å²) in [5.74, 6) is 0.734. The monoisotopic (exact) mass is 258 g/mol. The van der Waals surface area contributed by atoms with E-state index in [1.807, 2.05) is 6.07 Å². The van der Waals surface area contributed by atoms with Gasteiger partial charge in [-0.3, -0.25) is 4.79 Å². The highest BCUT2D eigenvalue weighted by atomic mass is 16.2. The molecule has 0 aliphatic carbocycles. The highest BCUT2D eigenvalue weighted by molar-refractivity contribution is 5.91. The van der Waals surface area contributed by atoms with Gasteiger partial charge in [-0.2, -0.15) is 5.26 Å². The van der Waals surface area contributed by atoms with E-state index in [1.54, 1.807) is 18.2 Å². The molecule has 1 amide bonds. The third kappa shape index (κ3) is 4.08. The van der Waals surface area contributed by atoms with Gasteiger partial charge in [0.2, 0.25) is 0 Å². The van der Waals surface area contributed by atoms with Gasteiger partial charge < -0.3 is 10.2 Å². The first-order valence-electron chi connectivity index (χ1n) is 6.81. The quantitative estimate of drug-likeness (QED) is 0.843. The Morgan fingerprint density at radius 3 is 3.16 bits per heavy atom. The molecule has 1 aromatic rings. The number of hydrogen-bond acceptors (Lipinski definition) is 2. The molecule has 0 radical (unpaired) electrons. The van der Waals surface area contributed by atoms with Gasteiger partial charge in [-0.15, -0.1) is 0 Å². The molecule has 0 spiro atoms. The summed E-state index contributed by atoms with van der Waals surface area (Å²) in [6, 6.07) is 9.10. The zero-order valence-corrected chi connectivity index (χ0v) is 11.3. The normalized spacial score (nSPS) is 22.5. The molecule has 2 atom stereocenters. The molecule has 4 heteroatoms. The summed E-state index contributed by atoms with van der Waals surface area (Å²) in [6.07, 6.45) is 2.48. The SMILES string of the molecule is C[C@@H]1CCC[NH+](CC(=O)Nc2cccc(C#N)c2)C1. The fourth-order valence-electron chi connectivity index (χ4n) is 2.66. The molecule has 1 aliphatic heterocycles. The largest absolute Gasteiger partial charge is 0.327 e. The first-order valence-corrected chi connectivity index (χ1v) is 6.81. The van der Waals surface area contributed by atoms with Crippen molar-refractivity contribution in [3.05, 3.63) is 29.8 Å². The van der Waals surface area contributed by atoms with Crippen molar-refractivity contribution in [3.8, 4) is 6.07 Å². The Hall–Kier alpha value is -1.86. The second-order valence-electron chi connectivity index (χ2n) is 5.37. The van der Waals surface area contributed by atoms with Crippen molar-refractivity contribution < 1.29 is 9.69 Å². The second-order valence-corrected chi connectivity index (χ2v) is 5.37. The minimum absolute atomic E-state index is 0.0270. The van der Waals surface area contributed by atoms with Gasteiger partial charge >= 0.3 is 0 Å². The van der Waals surface area contributed by atoms with E-state index in [2.05, 4.69) is 18.3 Å². The minimum atomic E-state index is 0.0270. The topological polar surface area (TPSA) is 57.3 Å². The third-order valence-corrected chi connectivity index (χ3v) is 3.55. The van der Waals surface area contributed by atoms with Gasteiger partial charge in [-0.25, -0.2) is 0 Å². The summed E-state index contributed by atoms with van der Waals surface area (Å²) in [5, 5.41) is 11.7. The van der Waals surface area contributed by atoms with Gasteiger partial charge in [0, 0.05) is 11.6 Å². The lowest BCUT2D eigenvalue weighted by atomic mass is 10.0. The number of likely N-dealkylation sites (tertiary alicyclic amines) is 1. The first-order chi connectivity index (χ1) is 9.17. The van der Waals surface area contributed by atoms with Gasteiger partial charge in [0.05, 0.1) is 24.7 Å². The van der Waals surface area contributed by atoms with Crippen LogP contribution in [0.5, 0.6) is 0 Å². The molecule has 1 saturated heterocycles. The van der Waals surface area contributed by atoms with Crippen LogP contribution in [0.4, 0.5) is 5.69 Å². The number of nitriles is 1. The number of quaternary nitrogens is 1. The lowest BCUT2D eigenvalue weighted by Gasteiger charge is -2.27. The van der Waals surface area contributed by atoms with Crippen molar-refractivity contribution >= 4 is 11.6 Å². The Balaban J connectivity index is 1.88. The number of rotatable bonds is 3. The smallest absolute Gasteiger partial charge is 0.279 e. The molecule has 19 heavy (non-hydrogen) atoms. The summed E-state index contributed by atoms with van der Waals surface area (Å²) in [7, 11) is 0. The van der Waals surface area contributed by atoms with Crippen LogP contribution in [0.15, 0.2) is 24.3 Å². The van der Waals surface area contributed by atoms with Gasteiger partial charge in [-0.05, 0) is 31.0 Å². The van der Waals surface area contributed by atoms with Crippen LogP contribution in [0, 0.1) is 17.2 Å². The lowest BCUT2D eigenvalue weighted by Crippen LogP contribution is -3.14. The van der Waals surface area contributed by atoms with Crippen LogP contribution in [-0.2, 0) is 4.79 Å². The lowest BCUT2D eigenvalue weighted by molar-refractivity contribution is -0.900. The van der Waals surface area contributed by atoms with Crippen molar-refractivity contribution in [2.75, 3.05) is 25.0 Å². The van der Waals surface area contributed by atoms with Crippen molar-refractivity contribution in [2.24, 2.45) is 5.92 Å². The van der Waals surface area contributed by atoms with E-state index in [0.717, 1.165) is 13.1 Å². The Labute approximate surface area is 114 Å². The molecule has 1 fully saturated rings. The molecule has 2 N–H and O–H groups in total. The molecule has 100 valence electrons. The standard InChI is InChI=1S/C15H19N3O/c1-12-4-3-7-18(10-12)11-15(19)17-14-6-2-5-13(8-14)9-16/h2,5-6,8,12H,3-4,7,10-11H2,1H3,(H,17,19)/p+1/t12-/m1/s1. The maximum absolute atomic E-state index is 12.0. The van der Waals surface area contributed by atoms with Crippen LogP contribution in [0.2, 0.25) is 0 Å². The van der Waals surface area contributed by atoms with Gasteiger partial charge in [-0.1, -0.05) is 13.0 Å². The zero-order chi connectivity index (χ0) is 13.7. The molecule has 1 aliphatic rings. The number of nitrogens with one attached hydrogen (secondary N) is 2.